The lowest BCUT2D eigenvalue weighted by molar-refractivity contribution is -0.140. The summed E-state index contributed by atoms with van der Waals surface area (Å²) in [7, 11) is 1.41. The van der Waals surface area contributed by atoms with Gasteiger partial charge in [-0.15, -0.1) is 0 Å². The number of carboxylic acid groups (broad SMARTS) is 1. The van der Waals surface area contributed by atoms with E-state index in [-0.39, 0.29) is 29.6 Å². The van der Waals surface area contributed by atoms with Gasteiger partial charge in [0.25, 0.3) is 0 Å². The van der Waals surface area contributed by atoms with Crippen LogP contribution in [0, 0.1) is 27.7 Å². The SMILES string of the molecule is CCC(CC)(c1ccc(/C=C/C2(O)CCCCC2)c(C)c1)c1ccc(-c2cncc(CC(=O)O)c2)c(C)c1.CCC(CC)(c1ccc(/C=C/C2(O)CCCCC2)c(C)c1)c1ccc(-c2cncc(CC(=O)OC)c2)c(C)c1. The maximum Gasteiger partial charge on any atom is 0.310 e. The van der Waals surface area contributed by atoms with Crippen molar-refractivity contribution in [3.63, 3.8) is 0 Å². The van der Waals surface area contributed by atoms with Crippen LogP contribution in [-0.4, -0.2) is 55.5 Å². The van der Waals surface area contributed by atoms with Crippen LogP contribution in [0.4, 0.5) is 0 Å². The summed E-state index contributed by atoms with van der Waals surface area (Å²) in [5, 5.41) is 31.0. The van der Waals surface area contributed by atoms with Crippen LogP contribution in [0.3, 0.4) is 0 Å². The van der Waals surface area contributed by atoms with Crippen molar-refractivity contribution < 1.29 is 29.6 Å². The normalized spacial score (nSPS) is 15.5. The summed E-state index contributed by atoms with van der Waals surface area (Å²) in [5.74, 6) is -1.12. The Morgan fingerprint density at radius 2 is 0.883 bits per heavy atom. The van der Waals surface area contributed by atoms with Gasteiger partial charge in [-0.1, -0.05) is 163 Å². The van der Waals surface area contributed by atoms with Crippen molar-refractivity contribution in [1.29, 1.82) is 0 Å². The standard InChI is InChI=1S/C35H43NO3.C34H41NO3/c1-6-35(7-2,30-12-11-28(25(3)19-30)15-18-34(38)16-9-8-10-17-34)31-13-14-32(26(4)20-31)29-21-27(23-36-24-29)22-33(37)39-5;1-5-34(6-2,29-11-10-27(24(3)18-29)14-17-33(38)15-8-7-9-16-33)30-12-13-31(25(4)19-30)28-20-26(21-32(36)37)22-35-23-28/h11-15,18-21,23-24,38H,6-10,16-17,22H2,1-5H3;10-14,17-20,22-23,38H,5-9,15-16,21H2,1-4H3,(H,36,37)/b18-15+;17-14+. The summed E-state index contributed by atoms with van der Waals surface area (Å²) in [5.41, 5.74) is 16.5. The van der Waals surface area contributed by atoms with Gasteiger partial charge in [-0.05, 0) is 169 Å². The minimum atomic E-state index is -0.853. The second-order valence-electron chi connectivity index (χ2n) is 22.3. The van der Waals surface area contributed by atoms with E-state index in [1.807, 2.05) is 30.5 Å². The number of aryl methyl sites for hydroxylation is 4. The zero-order chi connectivity index (χ0) is 55.4. The molecule has 8 rings (SSSR count). The first-order chi connectivity index (χ1) is 36.9. The number of nitrogens with zero attached hydrogens (tertiary/aromatic N) is 2. The smallest absolute Gasteiger partial charge is 0.310 e. The Bertz CT molecular complexity index is 3050. The average molecular weight is 1040 g/mol. The third-order valence-electron chi connectivity index (χ3n) is 17.3. The number of carbonyl (C=O) groups excluding carboxylic acids is 1. The van der Waals surface area contributed by atoms with Gasteiger partial charge in [-0.2, -0.15) is 0 Å². The van der Waals surface area contributed by atoms with E-state index in [4.69, 9.17) is 9.84 Å². The Hall–Kier alpha value is -6.48. The van der Waals surface area contributed by atoms with Crippen LogP contribution in [0.1, 0.15) is 184 Å². The monoisotopic (exact) mass is 1040 g/mol. The summed E-state index contributed by atoms with van der Waals surface area (Å²) < 4.78 is 4.82. The van der Waals surface area contributed by atoms with E-state index in [1.54, 1.807) is 18.6 Å². The van der Waals surface area contributed by atoms with Gasteiger partial charge in [0.1, 0.15) is 0 Å². The highest BCUT2D eigenvalue weighted by molar-refractivity contribution is 5.75. The van der Waals surface area contributed by atoms with Gasteiger partial charge >= 0.3 is 11.9 Å². The summed E-state index contributed by atoms with van der Waals surface area (Å²) in [6, 6.07) is 31.0. The number of carboxylic acids is 1. The lowest BCUT2D eigenvalue weighted by Crippen LogP contribution is -2.28. The first-order valence-electron chi connectivity index (χ1n) is 28.4. The van der Waals surface area contributed by atoms with E-state index in [1.165, 1.54) is 64.5 Å². The Labute approximate surface area is 459 Å². The molecule has 4 aromatic carbocycles. The van der Waals surface area contributed by atoms with Gasteiger partial charge in [0.15, 0.2) is 0 Å². The molecule has 8 nitrogen and oxygen atoms in total. The Kier molecular flexibility index (Phi) is 19.5. The fourth-order valence-electron chi connectivity index (χ4n) is 12.4. The van der Waals surface area contributed by atoms with Crippen molar-refractivity contribution in [1.82, 2.24) is 9.97 Å². The number of carbonyl (C=O) groups is 2. The molecule has 0 saturated heterocycles. The van der Waals surface area contributed by atoms with E-state index in [0.717, 1.165) is 116 Å². The van der Waals surface area contributed by atoms with E-state index < -0.39 is 17.2 Å². The van der Waals surface area contributed by atoms with Crippen molar-refractivity contribution in [3.05, 3.63) is 189 Å². The van der Waals surface area contributed by atoms with Crippen molar-refractivity contribution in [2.45, 2.75) is 180 Å². The number of esters is 1. The number of pyridine rings is 2. The van der Waals surface area contributed by atoms with Crippen LogP contribution in [-0.2, 0) is 38.0 Å². The molecule has 2 aliphatic rings. The fourth-order valence-corrected chi connectivity index (χ4v) is 12.4. The second kappa shape index (κ2) is 25.8. The number of hydrogen-bond acceptors (Lipinski definition) is 7. The molecule has 406 valence electrons. The van der Waals surface area contributed by atoms with Crippen LogP contribution in [0.15, 0.2) is 122 Å². The zero-order valence-corrected chi connectivity index (χ0v) is 47.5. The molecule has 0 aliphatic heterocycles. The quantitative estimate of drug-likeness (QED) is 0.0726. The van der Waals surface area contributed by atoms with Crippen LogP contribution >= 0.6 is 0 Å². The van der Waals surface area contributed by atoms with Crippen molar-refractivity contribution in [3.8, 4) is 22.3 Å². The maximum atomic E-state index is 11.8. The van der Waals surface area contributed by atoms with E-state index in [9.17, 15) is 19.8 Å². The molecular formula is C69H84N2O6. The first-order valence-corrected chi connectivity index (χ1v) is 28.4. The van der Waals surface area contributed by atoms with Gasteiger partial charge in [-0.25, -0.2) is 0 Å². The van der Waals surface area contributed by atoms with E-state index in [0.29, 0.717) is 5.56 Å². The lowest BCUT2D eigenvalue weighted by atomic mass is 9.69. The van der Waals surface area contributed by atoms with Crippen LogP contribution in [0.25, 0.3) is 34.4 Å². The molecule has 3 N–H and O–H groups in total. The number of aromatic nitrogens is 2. The third kappa shape index (κ3) is 13.8. The van der Waals surface area contributed by atoms with E-state index >= 15 is 0 Å². The highest BCUT2D eigenvalue weighted by Crippen LogP contribution is 2.43. The number of aliphatic hydroxyl groups is 2. The number of rotatable bonds is 18. The molecule has 2 heterocycles. The highest BCUT2D eigenvalue weighted by atomic mass is 16.5. The highest BCUT2D eigenvalue weighted by Gasteiger charge is 2.34. The molecule has 8 heteroatoms. The Morgan fingerprint density at radius 1 is 0.519 bits per heavy atom. The topological polar surface area (TPSA) is 130 Å². The molecule has 0 spiro atoms. The predicted molar refractivity (Wildman–Crippen MR) is 315 cm³/mol. The molecule has 6 aromatic rings. The van der Waals surface area contributed by atoms with Gasteiger partial charge in [0, 0.05) is 46.7 Å². The molecule has 2 aromatic heterocycles. The van der Waals surface area contributed by atoms with Gasteiger partial charge in [0.2, 0.25) is 0 Å². The summed E-state index contributed by atoms with van der Waals surface area (Å²) in [4.78, 5) is 31.6. The first kappa shape index (κ1) is 58.2. The Balaban J connectivity index is 0.000000224. The predicted octanol–water partition coefficient (Wildman–Crippen LogP) is 15.7. The van der Waals surface area contributed by atoms with Crippen molar-refractivity contribution >= 4 is 24.1 Å². The zero-order valence-electron chi connectivity index (χ0n) is 47.5. The second-order valence-corrected chi connectivity index (χ2v) is 22.3. The van der Waals surface area contributed by atoms with Crippen LogP contribution in [0.2, 0.25) is 0 Å². The summed E-state index contributed by atoms with van der Waals surface area (Å²) in [6.45, 7) is 17.7. The average Bonchev–Trinajstić information content (AvgIpc) is 3.42. The summed E-state index contributed by atoms with van der Waals surface area (Å²) >= 11 is 0. The van der Waals surface area contributed by atoms with Gasteiger partial charge in [-0.3, -0.25) is 19.6 Å². The molecule has 0 unspecified atom stereocenters. The molecule has 2 aliphatic carbocycles. The molecule has 0 bridgehead atoms. The minimum absolute atomic E-state index is 0.0312. The molecule has 0 atom stereocenters. The third-order valence-corrected chi connectivity index (χ3v) is 17.3. The van der Waals surface area contributed by atoms with Gasteiger partial charge in [0.05, 0.1) is 31.2 Å². The number of aliphatic carboxylic acids is 1. The maximum absolute atomic E-state index is 11.8. The molecule has 2 fully saturated rings. The van der Waals surface area contributed by atoms with Crippen molar-refractivity contribution in [2.24, 2.45) is 0 Å². The van der Waals surface area contributed by atoms with Crippen LogP contribution in [0.5, 0.6) is 0 Å². The number of ether oxygens (including phenoxy) is 1. The number of benzene rings is 4. The molecule has 0 radical (unpaired) electrons. The lowest BCUT2D eigenvalue weighted by Gasteiger charge is -2.34. The van der Waals surface area contributed by atoms with Crippen molar-refractivity contribution in [2.75, 3.05) is 7.11 Å². The van der Waals surface area contributed by atoms with Crippen LogP contribution < -0.4 is 0 Å². The number of hydrogen-bond donors (Lipinski definition) is 3. The fraction of sp³-hybridized carbons (Fsp3) is 0.420. The largest absolute Gasteiger partial charge is 0.481 e. The molecule has 77 heavy (non-hydrogen) atoms. The summed E-state index contributed by atoms with van der Waals surface area (Å²) in [6.07, 6.45) is 29.6. The molecular weight excluding hydrogens is 953 g/mol. The van der Waals surface area contributed by atoms with E-state index in [2.05, 4.69) is 150 Å². The molecule has 2 saturated carbocycles. The minimum Gasteiger partial charge on any atom is -0.481 e. The van der Waals surface area contributed by atoms with Gasteiger partial charge < -0.3 is 20.1 Å². The Morgan fingerprint density at radius 3 is 1.22 bits per heavy atom. The molecule has 0 amide bonds. The number of methoxy groups -OCH3 is 1.